The van der Waals surface area contributed by atoms with Gasteiger partial charge >= 0.3 is 0 Å². The molecule has 1 aliphatic heterocycles. The zero-order valence-electron chi connectivity index (χ0n) is 10.5. The monoisotopic (exact) mass is 326 g/mol. The highest BCUT2D eigenvalue weighted by atomic mass is 79.9. The number of amides is 2. The van der Waals surface area contributed by atoms with Crippen molar-refractivity contribution in [2.24, 2.45) is 0 Å². The van der Waals surface area contributed by atoms with Crippen molar-refractivity contribution in [3.8, 4) is 5.75 Å². The number of carbonyl (C=O) groups excluding carboxylic acids is 2. The molecule has 1 heterocycles. The van der Waals surface area contributed by atoms with Gasteiger partial charge in [-0.1, -0.05) is 0 Å². The van der Waals surface area contributed by atoms with Crippen LogP contribution in [0.25, 0.3) is 0 Å². The van der Waals surface area contributed by atoms with Crippen molar-refractivity contribution in [3.05, 3.63) is 28.2 Å². The first-order valence-electron chi connectivity index (χ1n) is 6.05. The minimum atomic E-state index is -0.414. The van der Waals surface area contributed by atoms with E-state index in [1.807, 2.05) is 0 Å². The molecule has 1 aromatic rings. The molecule has 0 aliphatic carbocycles. The molecule has 5 nitrogen and oxygen atoms in total. The maximum atomic E-state index is 12.4. The SMILES string of the molecule is CNC(=O)C1CCCN1C(=O)c1ccc(Br)c(O)c1. The quantitative estimate of drug-likeness (QED) is 0.865. The van der Waals surface area contributed by atoms with Crippen LogP contribution in [0.15, 0.2) is 22.7 Å². The number of hydrogen-bond acceptors (Lipinski definition) is 3. The van der Waals surface area contributed by atoms with Crippen LogP contribution in [-0.2, 0) is 4.79 Å². The molecule has 0 spiro atoms. The molecule has 0 saturated carbocycles. The van der Waals surface area contributed by atoms with Crippen LogP contribution in [-0.4, -0.2) is 41.5 Å². The molecule has 1 fully saturated rings. The Morgan fingerprint density at radius 3 is 2.84 bits per heavy atom. The van der Waals surface area contributed by atoms with Gasteiger partial charge in [-0.25, -0.2) is 0 Å². The van der Waals surface area contributed by atoms with Crippen LogP contribution in [0.5, 0.6) is 5.75 Å². The van der Waals surface area contributed by atoms with Crippen LogP contribution in [0, 0.1) is 0 Å². The lowest BCUT2D eigenvalue weighted by Gasteiger charge is -2.23. The van der Waals surface area contributed by atoms with E-state index in [9.17, 15) is 14.7 Å². The summed E-state index contributed by atoms with van der Waals surface area (Å²) in [4.78, 5) is 25.6. The number of rotatable bonds is 2. The Kier molecular flexibility index (Phi) is 4.09. The zero-order chi connectivity index (χ0) is 14.0. The number of aromatic hydroxyl groups is 1. The van der Waals surface area contributed by atoms with Crippen LogP contribution in [0.2, 0.25) is 0 Å². The molecular weight excluding hydrogens is 312 g/mol. The van der Waals surface area contributed by atoms with Gasteiger partial charge in [-0.05, 0) is 47.0 Å². The molecule has 1 atom stereocenters. The van der Waals surface area contributed by atoms with Crippen molar-refractivity contribution in [1.82, 2.24) is 10.2 Å². The van der Waals surface area contributed by atoms with Gasteiger partial charge in [0, 0.05) is 19.2 Å². The smallest absolute Gasteiger partial charge is 0.254 e. The first-order chi connectivity index (χ1) is 9.04. The van der Waals surface area contributed by atoms with Gasteiger partial charge in [-0.15, -0.1) is 0 Å². The lowest BCUT2D eigenvalue weighted by atomic mass is 10.1. The van der Waals surface area contributed by atoms with Crippen LogP contribution in [0.3, 0.4) is 0 Å². The highest BCUT2D eigenvalue weighted by molar-refractivity contribution is 9.10. The molecule has 0 aromatic heterocycles. The fourth-order valence-electron chi connectivity index (χ4n) is 2.26. The Morgan fingerprint density at radius 1 is 1.47 bits per heavy atom. The number of phenols is 1. The number of nitrogens with zero attached hydrogens (tertiary/aromatic N) is 1. The van der Waals surface area contributed by atoms with Gasteiger partial charge in [-0.2, -0.15) is 0 Å². The molecule has 0 bridgehead atoms. The number of hydrogen-bond donors (Lipinski definition) is 2. The van der Waals surface area contributed by atoms with E-state index in [1.54, 1.807) is 24.1 Å². The fraction of sp³-hybridized carbons (Fsp3) is 0.385. The Morgan fingerprint density at radius 2 is 2.21 bits per heavy atom. The lowest BCUT2D eigenvalue weighted by molar-refractivity contribution is -0.124. The third-order valence-corrected chi connectivity index (χ3v) is 3.93. The van der Waals surface area contributed by atoms with Crippen molar-refractivity contribution in [2.45, 2.75) is 18.9 Å². The van der Waals surface area contributed by atoms with E-state index in [0.29, 0.717) is 23.0 Å². The van der Waals surface area contributed by atoms with E-state index < -0.39 is 6.04 Å². The van der Waals surface area contributed by atoms with Gasteiger partial charge in [0.25, 0.3) is 5.91 Å². The molecule has 19 heavy (non-hydrogen) atoms. The standard InChI is InChI=1S/C13H15BrN2O3/c1-15-12(18)10-3-2-6-16(10)13(19)8-4-5-9(14)11(17)7-8/h4-5,7,10,17H,2-3,6H2,1H3,(H,15,18). The van der Waals surface area contributed by atoms with Gasteiger partial charge in [0.1, 0.15) is 11.8 Å². The zero-order valence-corrected chi connectivity index (χ0v) is 12.1. The number of phenolic OH excluding ortho intramolecular Hbond substituents is 1. The molecule has 2 rings (SSSR count). The molecule has 2 N–H and O–H groups in total. The molecule has 1 aromatic carbocycles. The second kappa shape index (κ2) is 5.61. The predicted molar refractivity (Wildman–Crippen MR) is 73.9 cm³/mol. The highest BCUT2D eigenvalue weighted by Crippen LogP contribution is 2.26. The first-order valence-corrected chi connectivity index (χ1v) is 6.85. The number of likely N-dealkylation sites (tertiary alicyclic amines) is 1. The maximum Gasteiger partial charge on any atom is 0.254 e. The number of carbonyl (C=O) groups is 2. The average Bonchev–Trinajstić information content (AvgIpc) is 2.89. The van der Waals surface area contributed by atoms with Gasteiger partial charge in [0.2, 0.25) is 5.91 Å². The second-order valence-electron chi connectivity index (χ2n) is 4.44. The summed E-state index contributed by atoms with van der Waals surface area (Å²) in [5.74, 6) is -0.359. The molecule has 2 amide bonds. The van der Waals surface area contributed by atoms with Crippen LogP contribution in [0.4, 0.5) is 0 Å². The predicted octanol–water partition coefficient (Wildman–Crippen LogP) is 1.51. The minimum absolute atomic E-state index is 0.0153. The molecule has 1 saturated heterocycles. The second-order valence-corrected chi connectivity index (χ2v) is 5.29. The summed E-state index contributed by atoms with van der Waals surface area (Å²) in [6, 6.07) is 4.24. The summed E-state index contributed by atoms with van der Waals surface area (Å²) in [5, 5.41) is 12.2. The lowest BCUT2D eigenvalue weighted by Crippen LogP contribution is -2.44. The van der Waals surface area contributed by atoms with Crippen molar-refractivity contribution in [1.29, 1.82) is 0 Å². The fourth-order valence-corrected chi connectivity index (χ4v) is 2.51. The van der Waals surface area contributed by atoms with E-state index in [1.165, 1.54) is 6.07 Å². The topological polar surface area (TPSA) is 69.6 Å². The maximum absolute atomic E-state index is 12.4. The first kappa shape index (κ1) is 13.9. The van der Waals surface area contributed by atoms with Gasteiger partial charge in [0.15, 0.2) is 0 Å². The van der Waals surface area contributed by atoms with E-state index >= 15 is 0 Å². The van der Waals surface area contributed by atoms with Crippen LogP contribution < -0.4 is 5.32 Å². The highest BCUT2D eigenvalue weighted by Gasteiger charge is 2.34. The van der Waals surface area contributed by atoms with Gasteiger partial charge < -0.3 is 15.3 Å². The average molecular weight is 327 g/mol. The Hall–Kier alpha value is -1.56. The number of nitrogens with one attached hydrogen (secondary N) is 1. The summed E-state index contributed by atoms with van der Waals surface area (Å²) in [6.45, 7) is 0.563. The minimum Gasteiger partial charge on any atom is -0.507 e. The van der Waals surface area contributed by atoms with Gasteiger partial charge in [-0.3, -0.25) is 9.59 Å². The summed E-state index contributed by atoms with van der Waals surface area (Å²) >= 11 is 3.17. The van der Waals surface area contributed by atoms with Crippen molar-refractivity contribution < 1.29 is 14.7 Å². The van der Waals surface area contributed by atoms with E-state index in [2.05, 4.69) is 21.2 Å². The number of halogens is 1. The van der Waals surface area contributed by atoms with Crippen LogP contribution >= 0.6 is 15.9 Å². The molecule has 1 unspecified atom stereocenters. The largest absolute Gasteiger partial charge is 0.507 e. The molecule has 6 heteroatoms. The van der Waals surface area contributed by atoms with E-state index in [-0.39, 0.29) is 17.6 Å². The molecule has 0 radical (unpaired) electrons. The van der Waals surface area contributed by atoms with E-state index in [0.717, 1.165) is 6.42 Å². The summed E-state index contributed by atoms with van der Waals surface area (Å²) in [6.07, 6.45) is 1.49. The number of benzene rings is 1. The Labute approximate surface area is 119 Å². The third-order valence-electron chi connectivity index (χ3n) is 3.26. The summed E-state index contributed by atoms with van der Waals surface area (Å²) < 4.78 is 0.535. The van der Waals surface area contributed by atoms with Gasteiger partial charge in [0.05, 0.1) is 4.47 Å². The van der Waals surface area contributed by atoms with Crippen molar-refractivity contribution in [2.75, 3.05) is 13.6 Å². The number of likely N-dealkylation sites (N-methyl/N-ethyl adjacent to an activating group) is 1. The van der Waals surface area contributed by atoms with Crippen molar-refractivity contribution in [3.63, 3.8) is 0 Å². The Bertz CT molecular complexity index is 519. The van der Waals surface area contributed by atoms with Crippen LogP contribution in [0.1, 0.15) is 23.2 Å². The normalized spacial score (nSPS) is 18.4. The summed E-state index contributed by atoms with van der Waals surface area (Å²) in [7, 11) is 1.56. The molecule has 102 valence electrons. The van der Waals surface area contributed by atoms with Crippen molar-refractivity contribution >= 4 is 27.7 Å². The molecular formula is C13H15BrN2O3. The third kappa shape index (κ3) is 2.73. The Balaban J connectivity index is 2.23. The van der Waals surface area contributed by atoms with E-state index in [4.69, 9.17) is 0 Å². The molecule has 1 aliphatic rings. The summed E-state index contributed by atoms with van der Waals surface area (Å²) in [5.41, 5.74) is 0.386.